The van der Waals surface area contributed by atoms with Crippen LogP contribution < -0.4 is 14.8 Å². The number of hydrogen-bond donors (Lipinski definition) is 1. The Morgan fingerprint density at radius 2 is 1.95 bits per heavy atom. The molecule has 116 valence electrons. The molecule has 0 radical (unpaired) electrons. The van der Waals surface area contributed by atoms with Gasteiger partial charge in [-0.3, -0.25) is 0 Å². The smallest absolute Gasteiger partial charge is 0.161 e. The molecule has 0 amide bonds. The zero-order valence-electron chi connectivity index (χ0n) is 13.2. The third-order valence-electron chi connectivity index (χ3n) is 5.14. The summed E-state index contributed by atoms with van der Waals surface area (Å²) in [5.41, 5.74) is 1.43. The van der Waals surface area contributed by atoms with Crippen LogP contribution in [-0.2, 0) is 0 Å². The van der Waals surface area contributed by atoms with E-state index in [0.717, 1.165) is 29.9 Å². The SMILES string of the molecule is CCC1CCC(CNC)C(c2ccc3c(c2)OCCO3)C1. The van der Waals surface area contributed by atoms with E-state index in [1.807, 2.05) is 0 Å². The minimum absolute atomic E-state index is 0.645. The van der Waals surface area contributed by atoms with Crippen molar-refractivity contribution >= 4 is 0 Å². The molecule has 1 saturated carbocycles. The molecule has 2 aliphatic rings. The summed E-state index contributed by atoms with van der Waals surface area (Å²) in [5, 5.41) is 3.38. The average Bonchev–Trinajstić information content (AvgIpc) is 2.55. The van der Waals surface area contributed by atoms with Crippen molar-refractivity contribution in [2.75, 3.05) is 26.8 Å². The van der Waals surface area contributed by atoms with Crippen molar-refractivity contribution in [3.63, 3.8) is 0 Å². The van der Waals surface area contributed by atoms with Gasteiger partial charge in [0.15, 0.2) is 11.5 Å². The van der Waals surface area contributed by atoms with E-state index in [-0.39, 0.29) is 0 Å². The molecule has 1 aromatic rings. The molecule has 1 N–H and O–H groups in total. The molecule has 3 atom stereocenters. The summed E-state index contributed by atoms with van der Waals surface area (Å²) in [6.45, 7) is 4.76. The first-order valence-electron chi connectivity index (χ1n) is 8.36. The summed E-state index contributed by atoms with van der Waals surface area (Å²) in [5.74, 6) is 4.09. The van der Waals surface area contributed by atoms with Crippen LogP contribution in [0.4, 0.5) is 0 Å². The van der Waals surface area contributed by atoms with Gasteiger partial charge < -0.3 is 14.8 Å². The number of hydrogen-bond acceptors (Lipinski definition) is 3. The summed E-state index contributed by atoms with van der Waals surface area (Å²) in [4.78, 5) is 0. The van der Waals surface area contributed by atoms with Crippen molar-refractivity contribution in [1.82, 2.24) is 5.32 Å². The van der Waals surface area contributed by atoms with Crippen LogP contribution in [0, 0.1) is 11.8 Å². The summed E-state index contributed by atoms with van der Waals surface area (Å²) in [7, 11) is 2.06. The average molecular weight is 289 g/mol. The lowest BCUT2D eigenvalue weighted by Crippen LogP contribution is -2.30. The number of ether oxygens (including phenoxy) is 2. The van der Waals surface area contributed by atoms with Crippen molar-refractivity contribution < 1.29 is 9.47 Å². The third-order valence-corrected chi connectivity index (χ3v) is 5.14. The number of fused-ring (bicyclic) bond motifs is 1. The minimum Gasteiger partial charge on any atom is -0.486 e. The Morgan fingerprint density at radius 3 is 2.71 bits per heavy atom. The lowest BCUT2D eigenvalue weighted by molar-refractivity contribution is 0.170. The first-order chi connectivity index (χ1) is 10.3. The number of benzene rings is 1. The number of rotatable bonds is 4. The Hall–Kier alpha value is -1.22. The van der Waals surface area contributed by atoms with Gasteiger partial charge in [-0.2, -0.15) is 0 Å². The van der Waals surface area contributed by atoms with Gasteiger partial charge in [0.25, 0.3) is 0 Å². The monoisotopic (exact) mass is 289 g/mol. The Labute approximate surface area is 128 Å². The van der Waals surface area contributed by atoms with E-state index in [1.165, 1.54) is 31.2 Å². The normalized spacial score (nSPS) is 28.4. The van der Waals surface area contributed by atoms with E-state index < -0.39 is 0 Å². The maximum atomic E-state index is 5.76. The predicted octanol–water partition coefficient (Wildman–Crippen LogP) is 3.59. The summed E-state index contributed by atoms with van der Waals surface area (Å²) in [6.07, 6.45) is 5.32. The van der Waals surface area contributed by atoms with Crippen LogP contribution in [0.5, 0.6) is 11.5 Å². The Balaban J connectivity index is 1.84. The third kappa shape index (κ3) is 3.18. The maximum absolute atomic E-state index is 5.76. The second-order valence-electron chi connectivity index (χ2n) is 6.41. The first kappa shape index (κ1) is 14.7. The van der Waals surface area contributed by atoms with Crippen LogP contribution in [0.15, 0.2) is 18.2 Å². The van der Waals surface area contributed by atoms with Gasteiger partial charge in [-0.1, -0.05) is 25.8 Å². The van der Waals surface area contributed by atoms with Gasteiger partial charge in [0.2, 0.25) is 0 Å². The second-order valence-corrected chi connectivity index (χ2v) is 6.41. The molecule has 0 bridgehead atoms. The highest BCUT2D eigenvalue weighted by Crippen LogP contribution is 2.43. The zero-order chi connectivity index (χ0) is 14.7. The predicted molar refractivity (Wildman–Crippen MR) is 85.2 cm³/mol. The van der Waals surface area contributed by atoms with Gasteiger partial charge in [-0.15, -0.1) is 0 Å². The van der Waals surface area contributed by atoms with Gasteiger partial charge in [-0.05, 0) is 61.9 Å². The molecule has 21 heavy (non-hydrogen) atoms. The zero-order valence-corrected chi connectivity index (χ0v) is 13.2. The van der Waals surface area contributed by atoms with Crippen molar-refractivity contribution in [3.8, 4) is 11.5 Å². The lowest BCUT2D eigenvalue weighted by Gasteiger charge is -2.36. The van der Waals surface area contributed by atoms with E-state index in [4.69, 9.17) is 9.47 Å². The van der Waals surface area contributed by atoms with Crippen molar-refractivity contribution in [1.29, 1.82) is 0 Å². The van der Waals surface area contributed by atoms with Gasteiger partial charge in [0.05, 0.1) is 0 Å². The maximum Gasteiger partial charge on any atom is 0.161 e. The van der Waals surface area contributed by atoms with Crippen LogP contribution in [-0.4, -0.2) is 26.8 Å². The van der Waals surface area contributed by atoms with Crippen LogP contribution >= 0.6 is 0 Å². The molecule has 3 unspecified atom stereocenters. The fraction of sp³-hybridized carbons (Fsp3) is 0.667. The van der Waals surface area contributed by atoms with Gasteiger partial charge in [-0.25, -0.2) is 0 Å². The number of nitrogens with one attached hydrogen (secondary N) is 1. The summed E-state index contributed by atoms with van der Waals surface area (Å²) >= 11 is 0. The highest BCUT2D eigenvalue weighted by Gasteiger charge is 2.31. The standard InChI is InChI=1S/C18H27NO2/c1-3-13-4-5-15(12-19-2)16(10-13)14-6-7-17-18(11-14)21-9-8-20-17/h6-7,11,13,15-16,19H,3-5,8-10,12H2,1-2H3. The van der Waals surface area contributed by atoms with Crippen molar-refractivity contribution in [2.45, 2.75) is 38.5 Å². The molecule has 3 nitrogen and oxygen atoms in total. The molecule has 1 fully saturated rings. The Kier molecular flexibility index (Phi) is 4.69. The van der Waals surface area contributed by atoms with Crippen molar-refractivity contribution in [2.24, 2.45) is 11.8 Å². The highest BCUT2D eigenvalue weighted by atomic mass is 16.6. The second kappa shape index (κ2) is 6.69. The Bertz CT molecular complexity index is 474. The molecular formula is C18H27NO2. The molecule has 3 rings (SSSR count). The summed E-state index contributed by atoms with van der Waals surface area (Å²) in [6, 6.07) is 6.56. The molecule has 1 aromatic carbocycles. The topological polar surface area (TPSA) is 30.5 Å². The quantitative estimate of drug-likeness (QED) is 0.919. The highest BCUT2D eigenvalue weighted by molar-refractivity contribution is 5.45. The fourth-order valence-electron chi connectivity index (χ4n) is 3.90. The van der Waals surface area contributed by atoms with Crippen molar-refractivity contribution in [3.05, 3.63) is 23.8 Å². The van der Waals surface area contributed by atoms with Crippen LogP contribution in [0.3, 0.4) is 0 Å². The van der Waals surface area contributed by atoms with Crippen LogP contribution in [0.25, 0.3) is 0 Å². The largest absolute Gasteiger partial charge is 0.486 e. The van der Waals surface area contributed by atoms with E-state index in [1.54, 1.807) is 0 Å². The molecule has 1 aliphatic heterocycles. The fourth-order valence-corrected chi connectivity index (χ4v) is 3.90. The molecule has 3 heteroatoms. The van der Waals surface area contributed by atoms with Crippen LogP contribution in [0.2, 0.25) is 0 Å². The van der Waals surface area contributed by atoms with Crippen LogP contribution in [0.1, 0.15) is 44.1 Å². The molecule has 0 aromatic heterocycles. The molecule has 1 heterocycles. The molecular weight excluding hydrogens is 262 g/mol. The van der Waals surface area contributed by atoms with Gasteiger partial charge >= 0.3 is 0 Å². The Morgan fingerprint density at radius 1 is 1.14 bits per heavy atom. The lowest BCUT2D eigenvalue weighted by atomic mass is 9.70. The van der Waals surface area contributed by atoms with Gasteiger partial charge in [0.1, 0.15) is 13.2 Å². The molecule has 0 saturated heterocycles. The van der Waals surface area contributed by atoms with E-state index in [9.17, 15) is 0 Å². The van der Waals surface area contributed by atoms with E-state index in [2.05, 4.69) is 37.5 Å². The molecule has 1 aliphatic carbocycles. The molecule has 0 spiro atoms. The summed E-state index contributed by atoms with van der Waals surface area (Å²) < 4.78 is 11.4. The van der Waals surface area contributed by atoms with E-state index >= 15 is 0 Å². The first-order valence-corrected chi connectivity index (χ1v) is 8.36. The van der Waals surface area contributed by atoms with Gasteiger partial charge in [0, 0.05) is 0 Å². The van der Waals surface area contributed by atoms with E-state index in [0.29, 0.717) is 19.1 Å². The minimum atomic E-state index is 0.645.